The van der Waals surface area contributed by atoms with E-state index in [0.717, 1.165) is 25.9 Å². The number of ether oxygens (including phenoxy) is 1. The van der Waals surface area contributed by atoms with E-state index in [0.29, 0.717) is 12.5 Å². The van der Waals surface area contributed by atoms with Crippen LogP contribution in [0, 0.1) is 0 Å². The molecule has 8 heteroatoms. The number of nitrogens with zero attached hydrogens (tertiary/aromatic N) is 1. The van der Waals surface area contributed by atoms with Crippen molar-refractivity contribution in [1.29, 1.82) is 0 Å². The number of aliphatic imine (C=N–C) groups is 1. The Morgan fingerprint density at radius 2 is 1.74 bits per heavy atom. The van der Waals surface area contributed by atoms with Gasteiger partial charge in [-0.3, -0.25) is 4.99 Å². The van der Waals surface area contributed by atoms with Crippen LogP contribution in [0.5, 0.6) is 0 Å². The second-order valence-corrected chi connectivity index (χ2v) is 3.84. The molecule has 0 heterocycles. The molecule has 4 nitrogen and oxygen atoms in total. The smallest absolute Gasteiger partial charge is 0.385 e. The van der Waals surface area contributed by atoms with Crippen molar-refractivity contribution in [1.82, 2.24) is 10.6 Å². The second kappa shape index (κ2) is 12.8. The molecule has 0 aliphatic heterocycles. The summed E-state index contributed by atoms with van der Waals surface area (Å²) in [6.07, 6.45) is -2.06. The molecule has 0 aromatic heterocycles. The summed E-state index contributed by atoms with van der Waals surface area (Å²) in [5.41, 5.74) is 0. The van der Waals surface area contributed by atoms with E-state index in [4.69, 9.17) is 4.74 Å². The Morgan fingerprint density at radius 3 is 2.26 bits per heavy atom. The lowest BCUT2D eigenvalue weighted by molar-refractivity contribution is -0.132. The molecular formula is C11H23F3IN3O. The van der Waals surface area contributed by atoms with Crippen molar-refractivity contribution in [2.75, 3.05) is 33.9 Å². The van der Waals surface area contributed by atoms with E-state index >= 15 is 0 Å². The molecule has 0 atom stereocenters. The number of halogens is 4. The fourth-order valence-electron chi connectivity index (χ4n) is 1.30. The number of nitrogens with one attached hydrogen (secondary N) is 2. The van der Waals surface area contributed by atoms with Crippen molar-refractivity contribution >= 4 is 29.9 Å². The van der Waals surface area contributed by atoms with Crippen molar-refractivity contribution in [3.63, 3.8) is 0 Å². The van der Waals surface area contributed by atoms with E-state index in [-0.39, 0.29) is 30.5 Å². The average molecular weight is 397 g/mol. The molecule has 0 rings (SSSR count). The van der Waals surface area contributed by atoms with Crippen molar-refractivity contribution in [2.45, 2.75) is 31.9 Å². The van der Waals surface area contributed by atoms with Gasteiger partial charge in [-0.1, -0.05) is 0 Å². The Bertz CT molecular complexity index is 238. The maximum Gasteiger partial charge on any atom is 0.390 e. The predicted molar refractivity (Wildman–Crippen MR) is 81.2 cm³/mol. The molecule has 0 aromatic carbocycles. The molecule has 19 heavy (non-hydrogen) atoms. The Kier molecular flexibility index (Phi) is 14.1. The van der Waals surface area contributed by atoms with Gasteiger partial charge in [0, 0.05) is 33.9 Å². The number of guanidine groups is 1. The molecule has 0 amide bonds. The van der Waals surface area contributed by atoms with Gasteiger partial charge >= 0.3 is 6.18 Å². The van der Waals surface area contributed by atoms with Gasteiger partial charge in [0.1, 0.15) is 0 Å². The first-order valence-electron chi connectivity index (χ1n) is 6.00. The van der Waals surface area contributed by atoms with E-state index in [9.17, 15) is 13.2 Å². The molecule has 0 aliphatic carbocycles. The fraction of sp³-hybridized carbons (Fsp3) is 0.909. The van der Waals surface area contributed by atoms with Crippen molar-refractivity contribution in [3.8, 4) is 0 Å². The van der Waals surface area contributed by atoms with Gasteiger partial charge < -0.3 is 15.4 Å². The molecule has 0 aromatic rings. The quantitative estimate of drug-likeness (QED) is 0.287. The average Bonchev–Trinajstić information content (AvgIpc) is 2.29. The molecule has 0 saturated heterocycles. The molecule has 2 N–H and O–H groups in total. The Morgan fingerprint density at radius 1 is 1.11 bits per heavy atom. The third-order valence-electron chi connectivity index (χ3n) is 2.24. The van der Waals surface area contributed by atoms with Crippen molar-refractivity contribution < 1.29 is 17.9 Å². The summed E-state index contributed by atoms with van der Waals surface area (Å²) < 4.78 is 40.7. The van der Waals surface area contributed by atoms with Gasteiger partial charge in [0.25, 0.3) is 0 Å². The monoisotopic (exact) mass is 397 g/mol. The zero-order valence-corrected chi connectivity index (χ0v) is 13.7. The lowest BCUT2D eigenvalue weighted by atomic mass is 10.2. The summed E-state index contributed by atoms with van der Waals surface area (Å²) >= 11 is 0. The third kappa shape index (κ3) is 15.7. The van der Waals surface area contributed by atoms with E-state index in [1.54, 1.807) is 7.11 Å². The molecular weight excluding hydrogens is 374 g/mol. The number of hydrogen-bond donors (Lipinski definition) is 2. The van der Waals surface area contributed by atoms with Gasteiger partial charge in [-0.25, -0.2) is 0 Å². The van der Waals surface area contributed by atoms with Crippen LogP contribution in [0.25, 0.3) is 0 Å². The first-order chi connectivity index (χ1) is 8.49. The van der Waals surface area contributed by atoms with Crippen LogP contribution in [0.4, 0.5) is 13.2 Å². The van der Waals surface area contributed by atoms with Crippen LogP contribution in [0.3, 0.4) is 0 Å². The van der Waals surface area contributed by atoms with Crippen LogP contribution in [-0.4, -0.2) is 46.0 Å². The van der Waals surface area contributed by atoms with Gasteiger partial charge in [0.2, 0.25) is 0 Å². The van der Waals surface area contributed by atoms with Gasteiger partial charge in [-0.2, -0.15) is 13.2 Å². The van der Waals surface area contributed by atoms with Crippen LogP contribution >= 0.6 is 24.0 Å². The molecule has 0 bridgehead atoms. The maximum atomic E-state index is 11.9. The van der Waals surface area contributed by atoms with Crippen LogP contribution in [0.1, 0.15) is 25.7 Å². The minimum absolute atomic E-state index is 0. The highest BCUT2D eigenvalue weighted by Gasteiger charge is 2.26. The summed E-state index contributed by atoms with van der Waals surface area (Å²) in [6, 6.07) is 0. The highest BCUT2D eigenvalue weighted by Crippen LogP contribution is 2.17. The summed E-state index contributed by atoms with van der Waals surface area (Å²) in [5, 5.41) is 5.59. The standard InChI is InChI=1S/C11H22F3N3O.HI/c1-15-10(17-8-6-11(12,13)14)16-7-4-3-5-9-18-2;/h3-9H2,1-2H3,(H2,15,16,17);1H. The van der Waals surface area contributed by atoms with Crippen LogP contribution < -0.4 is 10.6 Å². The minimum Gasteiger partial charge on any atom is -0.385 e. The van der Waals surface area contributed by atoms with E-state index < -0.39 is 12.6 Å². The first kappa shape index (κ1) is 21.1. The first-order valence-corrected chi connectivity index (χ1v) is 6.00. The van der Waals surface area contributed by atoms with Gasteiger partial charge in [-0.05, 0) is 19.3 Å². The Labute approximate surface area is 129 Å². The number of methoxy groups -OCH3 is 1. The number of unbranched alkanes of at least 4 members (excludes halogenated alkanes) is 2. The van der Waals surface area contributed by atoms with Crippen LogP contribution in [0.15, 0.2) is 4.99 Å². The predicted octanol–water partition coefficient (Wildman–Crippen LogP) is 2.54. The Balaban J connectivity index is 0. The number of hydrogen-bond acceptors (Lipinski definition) is 2. The number of alkyl halides is 3. The van der Waals surface area contributed by atoms with Gasteiger partial charge in [-0.15, -0.1) is 24.0 Å². The highest BCUT2D eigenvalue weighted by atomic mass is 127. The fourth-order valence-corrected chi connectivity index (χ4v) is 1.30. The Hall–Kier alpha value is -0.250. The molecule has 0 spiro atoms. The lowest BCUT2D eigenvalue weighted by Gasteiger charge is -2.12. The summed E-state index contributed by atoms with van der Waals surface area (Å²) in [7, 11) is 3.19. The molecule has 0 aliphatic rings. The third-order valence-corrected chi connectivity index (χ3v) is 2.24. The van der Waals surface area contributed by atoms with Crippen LogP contribution in [0.2, 0.25) is 0 Å². The minimum atomic E-state index is -4.13. The summed E-state index contributed by atoms with van der Waals surface area (Å²) in [6.45, 7) is 1.26. The van der Waals surface area contributed by atoms with E-state index in [2.05, 4.69) is 15.6 Å². The molecule has 0 saturated carbocycles. The molecule has 116 valence electrons. The maximum absolute atomic E-state index is 11.9. The number of rotatable bonds is 8. The van der Waals surface area contributed by atoms with E-state index in [1.807, 2.05) is 0 Å². The summed E-state index contributed by atoms with van der Waals surface area (Å²) in [4.78, 5) is 3.84. The van der Waals surface area contributed by atoms with Crippen molar-refractivity contribution in [3.05, 3.63) is 0 Å². The largest absolute Gasteiger partial charge is 0.390 e. The lowest BCUT2D eigenvalue weighted by Crippen LogP contribution is -2.39. The topological polar surface area (TPSA) is 45.7 Å². The zero-order chi connectivity index (χ0) is 13.9. The summed E-state index contributed by atoms with van der Waals surface area (Å²) in [5.74, 6) is 0.408. The highest BCUT2D eigenvalue weighted by molar-refractivity contribution is 14.0. The molecule has 0 unspecified atom stereocenters. The van der Waals surface area contributed by atoms with Crippen LogP contribution in [-0.2, 0) is 4.74 Å². The van der Waals surface area contributed by atoms with Gasteiger partial charge in [0.15, 0.2) is 5.96 Å². The SMILES string of the molecule is CN=C(NCCCCCOC)NCCC(F)(F)F.I. The van der Waals surface area contributed by atoms with Gasteiger partial charge in [0.05, 0.1) is 6.42 Å². The molecule has 0 radical (unpaired) electrons. The normalized spacial score (nSPS) is 11.9. The zero-order valence-electron chi connectivity index (χ0n) is 11.3. The van der Waals surface area contributed by atoms with Crippen molar-refractivity contribution in [2.24, 2.45) is 4.99 Å². The second-order valence-electron chi connectivity index (χ2n) is 3.84. The molecule has 0 fully saturated rings. The van der Waals surface area contributed by atoms with E-state index in [1.165, 1.54) is 7.05 Å².